The van der Waals surface area contributed by atoms with E-state index in [1.807, 2.05) is 0 Å². The van der Waals surface area contributed by atoms with Gasteiger partial charge in [-0.1, -0.05) is 29.8 Å². The molecule has 0 radical (unpaired) electrons. The first kappa shape index (κ1) is 19.4. The van der Waals surface area contributed by atoms with Crippen LogP contribution in [0.25, 0.3) is 6.08 Å². The molecular formula is C19H12ClN3O4S. The second kappa shape index (κ2) is 8.12. The lowest BCUT2D eigenvalue weighted by atomic mass is 10.1. The third-order valence-electron chi connectivity index (χ3n) is 3.86. The highest BCUT2D eigenvalue weighted by Crippen LogP contribution is 2.23. The fourth-order valence-corrected chi connectivity index (χ4v) is 2.95. The molecule has 2 aromatic carbocycles. The zero-order valence-corrected chi connectivity index (χ0v) is 15.7. The van der Waals surface area contributed by atoms with E-state index in [0.29, 0.717) is 16.3 Å². The van der Waals surface area contributed by atoms with Crippen molar-refractivity contribution in [3.8, 4) is 0 Å². The Bertz CT molecular complexity index is 1050. The minimum absolute atomic E-state index is 0.0443. The lowest BCUT2D eigenvalue weighted by molar-refractivity contribution is -0.385. The molecule has 1 fully saturated rings. The number of amides is 2. The van der Waals surface area contributed by atoms with Crippen LogP contribution in [0, 0.1) is 10.1 Å². The van der Waals surface area contributed by atoms with E-state index in [9.17, 15) is 19.7 Å². The van der Waals surface area contributed by atoms with E-state index < -0.39 is 16.7 Å². The van der Waals surface area contributed by atoms with Crippen molar-refractivity contribution in [2.45, 2.75) is 0 Å². The van der Waals surface area contributed by atoms with Gasteiger partial charge in [0, 0.05) is 11.1 Å². The Balaban J connectivity index is 1.91. The number of rotatable bonds is 4. The van der Waals surface area contributed by atoms with Crippen LogP contribution in [0.3, 0.4) is 0 Å². The summed E-state index contributed by atoms with van der Waals surface area (Å²) in [6.45, 7) is 0. The Kier molecular flexibility index (Phi) is 5.62. The summed E-state index contributed by atoms with van der Waals surface area (Å²) in [5.41, 5.74) is 0.560. The van der Waals surface area contributed by atoms with Crippen LogP contribution in [0.15, 0.2) is 66.3 Å². The van der Waals surface area contributed by atoms with Crippen LogP contribution in [0.5, 0.6) is 0 Å². The summed E-state index contributed by atoms with van der Waals surface area (Å²) in [5, 5.41) is 14.0. The number of nitro benzene ring substituents is 1. The maximum atomic E-state index is 12.8. The third-order valence-corrected chi connectivity index (χ3v) is 4.40. The molecule has 0 aromatic heterocycles. The largest absolute Gasteiger partial charge is 0.298 e. The van der Waals surface area contributed by atoms with Crippen molar-refractivity contribution in [1.82, 2.24) is 5.32 Å². The second-order valence-electron chi connectivity index (χ2n) is 5.63. The molecule has 9 heteroatoms. The van der Waals surface area contributed by atoms with Gasteiger partial charge in [-0.25, -0.2) is 0 Å². The Morgan fingerprint density at radius 2 is 1.79 bits per heavy atom. The van der Waals surface area contributed by atoms with Gasteiger partial charge in [0.05, 0.1) is 16.2 Å². The summed E-state index contributed by atoms with van der Waals surface area (Å²) in [5.74, 6) is -1.25. The van der Waals surface area contributed by atoms with E-state index in [2.05, 4.69) is 5.32 Å². The molecule has 3 rings (SSSR count). The molecule has 1 heterocycles. The SMILES string of the molecule is O=C1NC(=S)N(c2ccc(Cl)cc2)C(=O)/C1=C/C=C/c1ccccc1[N+](=O)[O-]. The van der Waals surface area contributed by atoms with E-state index in [1.165, 1.54) is 29.2 Å². The molecule has 2 amide bonds. The molecule has 1 N–H and O–H groups in total. The fourth-order valence-electron chi connectivity index (χ4n) is 2.54. The first-order valence-electron chi connectivity index (χ1n) is 7.95. The number of halogens is 1. The predicted octanol–water partition coefficient (Wildman–Crippen LogP) is 3.64. The minimum Gasteiger partial charge on any atom is -0.298 e. The number of carbonyl (C=O) groups excluding carboxylic acids is 2. The zero-order chi connectivity index (χ0) is 20.3. The number of allylic oxidation sites excluding steroid dienone is 2. The molecule has 1 aliphatic rings. The number of nitrogens with zero attached hydrogens (tertiary/aromatic N) is 2. The van der Waals surface area contributed by atoms with Gasteiger partial charge in [-0.2, -0.15) is 0 Å². The quantitative estimate of drug-likeness (QED) is 0.271. The van der Waals surface area contributed by atoms with Gasteiger partial charge >= 0.3 is 0 Å². The van der Waals surface area contributed by atoms with Crippen molar-refractivity contribution in [1.29, 1.82) is 0 Å². The van der Waals surface area contributed by atoms with Crippen molar-refractivity contribution < 1.29 is 14.5 Å². The topological polar surface area (TPSA) is 92.6 Å². The number of para-hydroxylation sites is 1. The first-order valence-corrected chi connectivity index (χ1v) is 8.74. The fraction of sp³-hybridized carbons (Fsp3) is 0. The Labute approximate surface area is 170 Å². The van der Waals surface area contributed by atoms with Gasteiger partial charge in [-0.05, 0) is 54.7 Å². The standard InChI is InChI=1S/C19H12ClN3O4S/c20-13-8-10-14(11-9-13)22-18(25)15(17(24)21-19(22)28)6-3-5-12-4-1-2-7-16(12)23(26)27/h1-11H,(H,21,24,28)/b5-3+,15-6+. The number of carbonyl (C=O) groups is 2. The molecule has 0 aliphatic carbocycles. The number of thiocarbonyl (C=S) groups is 1. The Hall–Kier alpha value is -3.36. The Morgan fingerprint density at radius 1 is 1.11 bits per heavy atom. The number of anilines is 1. The maximum absolute atomic E-state index is 12.8. The smallest absolute Gasteiger partial charge is 0.276 e. The average molecular weight is 414 g/mol. The summed E-state index contributed by atoms with van der Waals surface area (Å²) in [4.78, 5) is 36.7. The third kappa shape index (κ3) is 3.98. The van der Waals surface area contributed by atoms with Crippen molar-refractivity contribution in [3.05, 3.63) is 87.0 Å². The van der Waals surface area contributed by atoms with Gasteiger partial charge in [0.1, 0.15) is 5.57 Å². The molecule has 7 nitrogen and oxygen atoms in total. The van der Waals surface area contributed by atoms with Crippen LogP contribution >= 0.6 is 23.8 Å². The first-order chi connectivity index (χ1) is 13.4. The molecular weight excluding hydrogens is 402 g/mol. The molecule has 0 saturated carbocycles. The molecule has 0 bridgehead atoms. The highest BCUT2D eigenvalue weighted by Gasteiger charge is 2.34. The number of nitro groups is 1. The number of nitrogens with one attached hydrogen (secondary N) is 1. The van der Waals surface area contributed by atoms with Gasteiger partial charge in [-0.15, -0.1) is 0 Å². The molecule has 0 spiro atoms. The number of hydrogen-bond acceptors (Lipinski definition) is 5. The van der Waals surface area contributed by atoms with Crippen molar-refractivity contribution in [2.75, 3.05) is 4.90 Å². The second-order valence-corrected chi connectivity index (χ2v) is 6.45. The summed E-state index contributed by atoms with van der Waals surface area (Å²) >= 11 is 11.0. The van der Waals surface area contributed by atoms with Crippen LogP contribution in [-0.2, 0) is 9.59 Å². The van der Waals surface area contributed by atoms with Crippen molar-refractivity contribution in [3.63, 3.8) is 0 Å². The molecule has 140 valence electrons. The lowest BCUT2D eigenvalue weighted by Crippen LogP contribution is -2.54. The van der Waals surface area contributed by atoms with E-state index in [1.54, 1.807) is 42.5 Å². The normalized spacial score (nSPS) is 16.0. The molecule has 28 heavy (non-hydrogen) atoms. The number of benzene rings is 2. The van der Waals surface area contributed by atoms with E-state index in [0.717, 1.165) is 0 Å². The van der Waals surface area contributed by atoms with Crippen molar-refractivity contribution in [2.24, 2.45) is 0 Å². The average Bonchev–Trinajstić information content (AvgIpc) is 2.66. The molecule has 1 saturated heterocycles. The summed E-state index contributed by atoms with van der Waals surface area (Å²) in [7, 11) is 0. The van der Waals surface area contributed by atoms with Crippen LogP contribution in [-0.4, -0.2) is 21.9 Å². The number of hydrogen-bond donors (Lipinski definition) is 1. The summed E-state index contributed by atoms with van der Waals surface area (Å²) in [6.07, 6.45) is 4.15. The summed E-state index contributed by atoms with van der Waals surface area (Å²) < 4.78 is 0. The van der Waals surface area contributed by atoms with Crippen LogP contribution in [0.4, 0.5) is 11.4 Å². The van der Waals surface area contributed by atoms with E-state index in [4.69, 9.17) is 23.8 Å². The minimum atomic E-state index is -0.646. The van der Waals surface area contributed by atoms with Gasteiger partial charge in [0.2, 0.25) is 0 Å². The monoisotopic (exact) mass is 413 g/mol. The highest BCUT2D eigenvalue weighted by molar-refractivity contribution is 7.80. The van der Waals surface area contributed by atoms with E-state index in [-0.39, 0.29) is 16.4 Å². The lowest BCUT2D eigenvalue weighted by Gasteiger charge is -2.28. The molecule has 2 aromatic rings. The van der Waals surface area contributed by atoms with Crippen LogP contribution < -0.4 is 10.2 Å². The summed E-state index contributed by atoms with van der Waals surface area (Å²) in [6, 6.07) is 12.5. The predicted molar refractivity (Wildman–Crippen MR) is 110 cm³/mol. The maximum Gasteiger partial charge on any atom is 0.276 e. The zero-order valence-electron chi connectivity index (χ0n) is 14.2. The van der Waals surface area contributed by atoms with Crippen molar-refractivity contribution >= 4 is 58.2 Å². The van der Waals surface area contributed by atoms with Gasteiger partial charge in [-0.3, -0.25) is 29.9 Å². The molecule has 1 aliphatic heterocycles. The molecule has 0 atom stereocenters. The van der Waals surface area contributed by atoms with Crippen LogP contribution in [0.2, 0.25) is 5.02 Å². The van der Waals surface area contributed by atoms with Gasteiger partial charge < -0.3 is 0 Å². The highest BCUT2D eigenvalue weighted by atomic mass is 35.5. The molecule has 0 unspecified atom stereocenters. The van der Waals surface area contributed by atoms with Gasteiger partial charge in [0.15, 0.2) is 5.11 Å². The van der Waals surface area contributed by atoms with Gasteiger partial charge in [0.25, 0.3) is 17.5 Å². The van der Waals surface area contributed by atoms with E-state index >= 15 is 0 Å². The Morgan fingerprint density at radius 3 is 2.46 bits per heavy atom. The van der Waals surface area contributed by atoms with Crippen LogP contribution in [0.1, 0.15) is 5.56 Å².